The molecule has 1 aliphatic rings. The van der Waals surface area contributed by atoms with Crippen LogP contribution in [0.4, 0.5) is 9.80 Å². The molecule has 118 valence electrons. The minimum absolute atomic E-state index is 0.165. The Morgan fingerprint density at radius 3 is 2.57 bits per heavy atom. The molecular formula is C16H14N2O4S. The van der Waals surface area contributed by atoms with Gasteiger partial charge in [-0.25, -0.2) is 9.69 Å². The van der Waals surface area contributed by atoms with E-state index in [2.05, 4.69) is 0 Å². The molecule has 0 aliphatic carbocycles. The molecule has 1 saturated heterocycles. The Labute approximate surface area is 135 Å². The number of aromatic nitrogens is 1. The molecule has 7 heteroatoms. The molecular weight excluding hydrogens is 316 g/mol. The van der Waals surface area contributed by atoms with Crippen molar-refractivity contribution in [2.24, 2.45) is 7.05 Å². The summed E-state index contributed by atoms with van der Waals surface area (Å²) in [6.07, 6.45) is -0.654. The summed E-state index contributed by atoms with van der Waals surface area (Å²) in [5.41, 5.74) is -0.261. The quantitative estimate of drug-likeness (QED) is 0.742. The number of cyclic esters (lactones) is 1. The van der Waals surface area contributed by atoms with E-state index in [0.717, 1.165) is 25.9 Å². The summed E-state index contributed by atoms with van der Waals surface area (Å²) in [5, 5.41) is 12.2. The molecule has 3 heterocycles. The van der Waals surface area contributed by atoms with E-state index in [1.807, 2.05) is 12.1 Å². The van der Waals surface area contributed by atoms with Gasteiger partial charge in [0.1, 0.15) is 5.00 Å². The molecule has 3 aromatic rings. The summed E-state index contributed by atoms with van der Waals surface area (Å²) in [6.45, 7) is 3.15. The molecule has 2 amide bonds. The van der Waals surface area contributed by atoms with Crippen molar-refractivity contribution < 1.29 is 19.4 Å². The summed E-state index contributed by atoms with van der Waals surface area (Å²) in [7, 11) is 1.78. The zero-order valence-corrected chi connectivity index (χ0v) is 13.6. The van der Waals surface area contributed by atoms with Crippen molar-refractivity contribution in [1.29, 1.82) is 0 Å². The monoisotopic (exact) mass is 330 g/mol. The van der Waals surface area contributed by atoms with Crippen molar-refractivity contribution in [2.45, 2.75) is 19.4 Å². The third-order valence-electron chi connectivity index (χ3n) is 4.15. The number of hydrogen-bond donors (Lipinski definition) is 1. The Kier molecular flexibility index (Phi) is 2.61. The maximum absolute atomic E-state index is 12.4. The van der Waals surface area contributed by atoms with Crippen molar-refractivity contribution in [3.05, 3.63) is 24.3 Å². The molecule has 23 heavy (non-hydrogen) atoms. The molecule has 4 rings (SSSR count). The van der Waals surface area contributed by atoms with Gasteiger partial charge in [0.15, 0.2) is 11.5 Å². The molecule has 1 aliphatic heterocycles. The van der Waals surface area contributed by atoms with Crippen LogP contribution in [-0.2, 0) is 16.6 Å². The number of rotatable bonds is 1. The highest BCUT2D eigenvalue weighted by Gasteiger charge is 2.48. The molecule has 6 nitrogen and oxygen atoms in total. The summed E-state index contributed by atoms with van der Waals surface area (Å²) >= 11 is 1.35. The lowest BCUT2D eigenvalue weighted by Gasteiger charge is -2.12. The van der Waals surface area contributed by atoms with E-state index in [4.69, 9.17) is 4.74 Å². The van der Waals surface area contributed by atoms with Crippen LogP contribution >= 0.6 is 11.3 Å². The van der Waals surface area contributed by atoms with E-state index in [-0.39, 0.29) is 11.8 Å². The molecule has 0 spiro atoms. The molecule has 2 aromatic heterocycles. The second-order valence-corrected chi connectivity index (χ2v) is 7.14. The fourth-order valence-electron chi connectivity index (χ4n) is 2.86. The SMILES string of the molecule is Cn1c(O)cc2c3cc(N4C(=O)OC(C)(C)C4=O)sc3ccc21. The van der Waals surface area contributed by atoms with E-state index in [1.165, 1.54) is 11.3 Å². The second-order valence-electron chi connectivity index (χ2n) is 6.08. The first-order chi connectivity index (χ1) is 10.8. The number of thiophene rings is 1. The molecule has 1 aromatic carbocycles. The smallest absolute Gasteiger partial charge is 0.423 e. The van der Waals surface area contributed by atoms with Crippen LogP contribution in [0.5, 0.6) is 5.88 Å². The van der Waals surface area contributed by atoms with Crippen LogP contribution in [0.25, 0.3) is 21.0 Å². The third kappa shape index (κ3) is 1.80. The minimum Gasteiger partial charge on any atom is -0.494 e. The van der Waals surface area contributed by atoms with Crippen LogP contribution in [0, 0.1) is 0 Å². The lowest BCUT2D eigenvalue weighted by Crippen LogP contribution is -2.35. The van der Waals surface area contributed by atoms with Crippen LogP contribution in [-0.4, -0.2) is 27.3 Å². The number of imide groups is 1. The number of carbonyl (C=O) groups excluding carboxylic acids is 2. The highest BCUT2D eigenvalue weighted by molar-refractivity contribution is 7.23. The third-order valence-corrected chi connectivity index (χ3v) is 5.23. The topological polar surface area (TPSA) is 71.8 Å². The minimum atomic E-state index is -1.15. The van der Waals surface area contributed by atoms with Gasteiger partial charge in [0.05, 0.1) is 5.52 Å². The van der Waals surface area contributed by atoms with Crippen molar-refractivity contribution in [3.8, 4) is 5.88 Å². The first-order valence-electron chi connectivity index (χ1n) is 7.08. The predicted octanol–water partition coefficient (Wildman–Crippen LogP) is 3.36. The molecule has 1 N–H and O–H groups in total. The predicted molar refractivity (Wildman–Crippen MR) is 88.0 cm³/mol. The highest BCUT2D eigenvalue weighted by atomic mass is 32.1. The lowest BCUT2D eigenvalue weighted by molar-refractivity contribution is -0.127. The van der Waals surface area contributed by atoms with Crippen molar-refractivity contribution in [3.63, 3.8) is 0 Å². The molecule has 1 fully saturated rings. The highest BCUT2D eigenvalue weighted by Crippen LogP contribution is 2.41. The van der Waals surface area contributed by atoms with Gasteiger partial charge in [-0.05, 0) is 32.0 Å². The Bertz CT molecular complexity index is 999. The number of carbonyl (C=O) groups is 2. The summed E-state index contributed by atoms with van der Waals surface area (Å²) in [6, 6.07) is 7.30. The van der Waals surface area contributed by atoms with Gasteiger partial charge < -0.3 is 14.4 Å². The van der Waals surface area contributed by atoms with E-state index < -0.39 is 11.7 Å². The van der Waals surface area contributed by atoms with Crippen LogP contribution in [0.2, 0.25) is 0 Å². The Hall–Kier alpha value is -2.54. The number of hydrogen-bond acceptors (Lipinski definition) is 5. The van der Waals surface area contributed by atoms with Crippen LogP contribution in [0.15, 0.2) is 24.3 Å². The number of benzene rings is 1. The van der Waals surface area contributed by atoms with Crippen molar-refractivity contribution >= 4 is 49.3 Å². The van der Waals surface area contributed by atoms with Gasteiger partial charge in [-0.2, -0.15) is 0 Å². The molecule has 0 unspecified atom stereocenters. The molecule has 0 radical (unpaired) electrons. The van der Waals surface area contributed by atoms with Gasteiger partial charge in [0.2, 0.25) is 0 Å². The summed E-state index contributed by atoms with van der Waals surface area (Å²) < 4.78 is 7.75. The Morgan fingerprint density at radius 1 is 1.17 bits per heavy atom. The average Bonchev–Trinajstić information content (AvgIpc) is 3.06. The first-order valence-corrected chi connectivity index (χ1v) is 7.90. The number of fused-ring (bicyclic) bond motifs is 3. The van der Waals surface area contributed by atoms with E-state index in [0.29, 0.717) is 5.00 Å². The van der Waals surface area contributed by atoms with Crippen LogP contribution in [0.1, 0.15) is 13.8 Å². The van der Waals surface area contributed by atoms with Gasteiger partial charge in [0.25, 0.3) is 5.91 Å². The van der Waals surface area contributed by atoms with Gasteiger partial charge in [-0.3, -0.25) is 4.79 Å². The largest absolute Gasteiger partial charge is 0.494 e. The summed E-state index contributed by atoms with van der Waals surface area (Å²) in [4.78, 5) is 25.5. The standard InChI is InChI=1S/C16H14N2O4S/c1-16(2)14(20)18(15(21)22-16)13-7-9-8-6-12(19)17(3)10(8)4-5-11(9)23-13/h4-7,19H,1-3H3. The molecule has 0 bridgehead atoms. The second kappa shape index (κ2) is 4.26. The van der Waals surface area contributed by atoms with Gasteiger partial charge in [-0.1, -0.05) is 0 Å². The molecule has 0 atom stereocenters. The van der Waals surface area contributed by atoms with Gasteiger partial charge in [0, 0.05) is 28.6 Å². The number of ether oxygens (including phenoxy) is 1. The van der Waals surface area contributed by atoms with Gasteiger partial charge >= 0.3 is 6.09 Å². The van der Waals surface area contributed by atoms with E-state index >= 15 is 0 Å². The van der Waals surface area contributed by atoms with Crippen molar-refractivity contribution in [1.82, 2.24) is 4.57 Å². The fourth-order valence-corrected chi connectivity index (χ4v) is 3.93. The zero-order chi connectivity index (χ0) is 16.5. The number of nitrogens with zero attached hydrogens (tertiary/aromatic N) is 2. The number of aryl methyl sites for hydroxylation is 1. The van der Waals surface area contributed by atoms with E-state index in [9.17, 15) is 14.7 Å². The Morgan fingerprint density at radius 2 is 1.91 bits per heavy atom. The molecule has 0 saturated carbocycles. The number of aromatic hydroxyl groups is 1. The average molecular weight is 330 g/mol. The number of amides is 2. The van der Waals surface area contributed by atoms with Crippen LogP contribution in [0.3, 0.4) is 0 Å². The van der Waals surface area contributed by atoms with E-state index in [1.54, 1.807) is 37.6 Å². The lowest BCUT2D eigenvalue weighted by atomic mass is 10.1. The maximum atomic E-state index is 12.4. The summed E-state index contributed by atoms with van der Waals surface area (Å²) in [5.74, 6) is -0.209. The zero-order valence-electron chi connectivity index (χ0n) is 12.8. The van der Waals surface area contributed by atoms with Crippen LogP contribution < -0.4 is 4.90 Å². The number of anilines is 1. The normalized spacial score (nSPS) is 17.4. The maximum Gasteiger partial charge on any atom is 0.423 e. The first kappa shape index (κ1) is 14.1. The fraction of sp³-hybridized carbons (Fsp3) is 0.250. The Balaban J connectivity index is 1.93. The van der Waals surface area contributed by atoms with Crippen molar-refractivity contribution in [2.75, 3.05) is 4.90 Å². The van der Waals surface area contributed by atoms with Gasteiger partial charge in [-0.15, -0.1) is 11.3 Å².